The molecule has 1 atom stereocenters. The summed E-state index contributed by atoms with van der Waals surface area (Å²) in [4.78, 5) is 0. The van der Waals surface area contributed by atoms with Crippen LogP contribution in [-0.4, -0.2) is 19.2 Å². The maximum absolute atomic E-state index is 5.33. The van der Waals surface area contributed by atoms with Crippen molar-refractivity contribution in [3.63, 3.8) is 0 Å². The van der Waals surface area contributed by atoms with E-state index in [0.717, 1.165) is 25.6 Å². The number of esters is 1. The van der Waals surface area contributed by atoms with Gasteiger partial charge in [0, 0.05) is 5.92 Å². The number of hydrogen-bond acceptors (Lipinski definition) is 1. The van der Waals surface area contributed by atoms with E-state index < -0.39 is 0 Å². The summed E-state index contributed by atoms with van der Waals surface area (Å²) >= 11 is 0. The summed E-state index contributed by atoms with van der Waals surface area (Å²) < 4.78 is 10.6. The molecule has 0 aromatic rings. The largest absolute Gasteiger partial charge is 0.484 e. The first-order chi connectivity index (χ1) is 4.83. The topological polar surface area (TPSA) is 20.5 Å². The molecule has 1 heterocycles. The number of ether oxygens (including phenoxy) is 1. The van der Waals surface area contributed by atoms with Crippen molar-refractivity contribution >= 4 is 5.97 Å². The van der Waals surface area contributed by atoms with Gasteiger partial charge in [0.15, 0.2) is 13.2 Å². The molecule has 0 radical (unpaired) electrons. The van der Waals surface area contributed by atoms with Crippen LogP contribution in [0.15, 0.2) is 0 Å². The lowest BCUT2D eigenvalue weighted by atomic mass is 10.1. The van der Waals surface area contributed by atoms with E-state index in [0.29, 0.717) is 5.92 Å². The van der Waals surface area contributed by atoms with Crippen molar-refractivity contribution in [2.75, 3.05) is 13.2 Å². The Morgan fingerprint density at radius 3 is 3.00 bits per heavy atom. The minimum atomic E-state index is 0.698. The normalized spacial score (nSPS) is 25.8. The maximum Gasteiger partial charge on any atom is 0.484 e. The SMILES string of the molecule is CCOC1=[O+]CC(C)CC1. The highest BCUT2D eigenvalue weighted by Gasteiger charge is 2.21. The van der Waals surface area contributed by atoms with Gasteiger partial charge in [0.05, 0.1) is 0 Å². The lowest BCUT2D eigenvalue weighted by Crippen LogP contribution is -2.18. The van der Waals surface area contributed by atoms with Crippen molar-refractivity contribution in [3.05, 3.63) is 0 Å². The third-order valence-corrected chi connectivity index (χ3v) is 1.68. The van der Waals surface area contributed by atoms with Gasteiger partial charge in [0.1, 0.15) is 6.42 Å². The second kappa shape index (κ2) is 3.59. The molecular weight excluding hydrogens is 128 g/mol. The van der Waals surface area contributed by atoms with Crippen LogP contribution in [0.1, 0.15) is 26.7 Å². The van der Waals surface area contributed by atoms with Crippen LogP contribution in [0.5, 0.6) is 0 Å². The highest BCUT2D eigenvalue weighted by Crippen LogP contribution is 2.10. The average Bonchev–Trinajstić information content (AvgIpc) is 1.95. The van der Waals surface area contributed by atoms with Crippen LogP contribution in [0.2, 0.25) is 0 Å². The van der Waals surface area contributed by atoms with Gasteiger partial charge >= 0.3 is 5.97 Å². The molecule has 1 rings (SSSR count). The molecule has 0 saturated heterocycles. The van der Waals surface area contributed by atoms with Gasteiger partial charge in [-0.15, -0.1) is 0 Å². The average molecular weight is 143 g/mol. The van der Waals surface area contributed by atoms with Gasteiger partial charge in [-0.1, -0.05) is 6.92 Å². The molecule has 1 aliphatic rings. The zero-order valence-corrected chi connectivity index (χ0v) is 6.72. The Kier molecular flexibility index (Phi) is 2.72. The van der Waals surface area contributed by atoms with Gasteiger partial charge < -0.3 is 9.16 Å². The van der Waals surface area contributed by atoms with Crippen LogP contribution in [0.3, 0.4) is 0 Å². The minimum Gasteiger partial charge on any atom is -0.322 e. The molecule has 1 aliphatic heterocycles. The molecule has 0 N–H and O–H groups in total. The predicted octanol–water partition coefficient (Wildman–Crippen LogP) is 1.52. The Hall–Kier alpha value is -0.530. The van der Waals surface area contributed by atoms with E-state index in [1.807, 2.05) is 6.92 Å². The van der Waals surface area contributed by atoms with E-state index in [9.17, 15) is 0 Å². The van der Waals surface area contributed by atoms with Crippen molar-refractivity contribution in [1.82, 2.24) is 0 Å². The van der Waals surface area contributed by atoms with E-state index in [1.165, 1.54) is 6.42 Å². The van der Waals surface area contributed by atoms with Gasteiger partial charge in [-0.05, 0) is 13.3 Å². The first kappa shape index (κ1) is 7.58. The zero-order chi connectivity index (χ0) is 7.40. The fourth-order valence-corrected chi connectivity index (χ4v) is 1.03. The van der Waals surface area contributed by atoms with Gasteiger partial charge in [0.2, 0.25) is 0 Å². The van der Waals surface area contributed by atoms with Crippen LogP contribution in [0, 0.1) is 5.92 Å². The summed E-state index contributed by atoms with van der Waals surface area (Å²) in [6, 6.07) is 0. The molecule has 2 nitrogen and oxygen atoms in total. The third-order valence-electron chi connectivity index (χ3n) is 1.68. The first-order valence-electron chi connectivity index (χ1n) is 3.94. The summed E-state index contributed by atoms with van der Waals surface area (Å²) in [5.41, 5.74) is 0. The van der Waals surface area contributed by atoms with Gasteiger partial charge in [-0.25, -0.2) is 0 Å². The van der Waals surface area contributed by atoms with E-state index in [1.54, 1.807) is 0 Å². The standard InChI is InChI=1S/C8H15O2/c1-3-9-8-5-4-7(2)6-10-8/h7H,3-6H2,1-2H3/q+1. The number of hydrogen-bond donors (Lipinski definition) is 0. The van der Waals surface area contributed by atoms with Crippen molar-refractivity contribution < 1.29 is 9.16 Å². The highest BCUT2D eigenvalue weighted by atomic mass is 16.6. The molecule has 0 fully saturated rings. The molecule has 10 heavy (non-hydrogen) atoms. The summed E-state index contributed by atoms with van der Waals surface area (Å²) in [6.07, 6.45) is 2.18. The van der Waals surface area contributed by atoms with Gasteiger partial charge in [-0.3, -0.25) is 0 Å². The number of rotatable bonds is 1. The Morgan fingerprint density at radius 2 is 2.50 bits per heavy atom. The number of carbonyl (C=O) groups excluding carboxylic acids is 1. The zero-order valence-electron chi connectivity index (χ0n) is 6.72. The summed E-state index contributed by atoms with van der Waals surface area (Å²) in [5.74, 6) is 1.53. The molecule has 0 bridgehead atoms. The lowest BCUT2D eigenvalue weighted by Gasteiger charge is -2.07. The molecule has 0 aliphatic carbocycles. The minimum absolute atomic E-state index is 0.698. The monoisotopic (exact) mass is 143 g/mol. The fraction of sp³-hybridized carbons (Fsp3) is 0.875. The van der Waals surface area contributed by atoms with E-state index in [2.05, 4.69) is 6.92 Å². The molecule has 0 aromatic heterocycles. The lowest BCUT2D eigenvalue weighted by molar-refractivity contribution is -0.482. The Bertz CT molecular complexity index is 129. The van der Waals surface area contributed by atoms with Crippen molar-refractivity contribution in [3.8, 4) is 0 Å². The summed E-state index contributed by atoms with van der Waals surface area (Å²) in [6.45, 7) is 5.73. The first-order valence-corrected chi connectivity index (χ1v) is 3.94. The molecule has 2 heteroatoms. The highest BCUT2D eigenvalue weighted by molar-refractivity contribution is 5.70. The maximum atomic E-state index is 5.33. The van der Waals surface area contributed by atoms with Crippen molar-refractivity contribution in [1.29, 1.82) is 0 Å². The summed E-state index contributed by atoms with van der Waals surface area (Å²) in [5, 5.41) is 0. The molecule has 1 unspecified atom stereocenters. The quantitative estimate of drug-likeness (QED) is 0.402. The Labute approximate surface area is 61.9 Å². The molecular formula is C8H15O2+. The second-order valence-electron chi connectivity index (χ2n) is 2.76. The smallest absolute Gasteiger partial charge is 0.322 e. The molecule has 0 spiro atoms. The van der Waals surface area contributed by atoms with Crippen LogP contribution >= 0.6 is 0 Å². The van der Waals surface area contributed by atoms with Crippen LogP contribution in [0.25, 0.3) is 0 Å². The van der Waals surface area contributed by atoms with Crippen molar-refractivity contribution in [2.24, 2.45) is 5.92 Å². The molecule has 0 amide bonds. The van der Waals surface area contributed by atoms with Crippen LogP contribution in [-0.2, 0) is 9.16 Å². The predicted molar refractivity (Wildman–Crippen MR) is 39.9 cm³/mol. The third kappa shape index (κ3) is 2.01. The molecule has 0 aromatic carbocycles. The summed E-state index contributed by atoms with van der Waals surface area (Å²) in [7, 11) is 0. The van der Waals surface area contributed by atoms with Crippen LogP contribution < -0.4 is 0 Å². The van der Waals surface area contributed by atoms with E-state index in [-0.39, 0.29) is 0 Å². The van der Waals surface area contributed by atoms with Gasteiger partial charge in [0.25, 0.3) is 0 Å². The van der Waals surface area contributed by atoms with Crippen molar-refractivity contribution in [2.45, 2.75) is 26.7 Å². The molecule has 58 valence electrons. The van der Waals surface area contributed by atoms with E-state index >= 15 is 0 Å². The Morgan fingerprint density at radius 1 is 1.70 bits per heavy atom. The second-order valence-corrected chi connectivity index (χ2v) is 2.76. The fourth-order valence-electron chi connectivity index (χ4n) is 1.03. The van der Waals surface area contributed by atoms with E-state index in [4.69, 9.17) is 9.16 Å². The van der Waals surface area contributed by atoms with Crippen LogP contribution in [0.4, 0.5) is 0 Å². The Balaban J connectivity index is 2.33. The van der Waals surface area contributed by atoms with Gasteiger partial charge in [-0.2, -0.15) is 0 Å². The molecule has 0 saturated carbocycles.